The monoisotopic (exact) mass is 291 g/mol. The zero-order valence-electron chi connectivity index (χ0n) is 12.9. The third-order valence-corrected chi connectivity index (χ3v) is 4.46. The first-order chi connectivity index (χ1) is 10.1. The number of ether oxygens (including phenoxy) is 3. The number of rotatable bonds is 3. The van der Waals surface area contributed by atoms with Crippen molar-refractivity contribution in [3.8, 4) is 5.75 Å². The zero-order valence-corrected chi connectivity index (χ0v) is 12.9. The number of hydrogen-bond acceptors (Lipinski definition) is 4. The van der Waals surface area contributed by atoms with E-state index in [-0.39, 0.29) is 17.7 Å². The van der Waals surface area contributed by atoms with E-state index in [1.165, 1.54) is 5.56 Å². The highest BCUT2D eigenvalue weighted by Crippen LogP contribution is 2.35. The van der Waals surface area contributed by atoms with E-state index < -0.39 is 0 Å². The SMILES string of the molecule is Cc1ccc(OC2CCOC3(CCOC3)C2)c([C@@H](C)N)c1. The van der Waals surface area contributed by atoms with E-state index in [0.29, 0.717) is 6.61 Å². The summed E-state index contributed by atoms with van der Waals surface area (Å²) in [6.07, 6.45) is 2.98. The Morgan fingerprint density at radius 3 is 2.95 bits per heavy atom. The van der Waals surface area contributed by atoms with Crippen molar-refractivity contribution in [3.05, 3.63) is 29.3 Å². The lowest BCUT2D eigenvalue weighted by atomic mass is 9.91. The van der Waals surface area contributed by atoms with Crippen LogP contribution < -0.4 is 10.5 Å². The maximum atomic E-state index is 6.27. The minimum atomic E-state index is -0.123. The fourth-order valence-electron chi connectivity index (χ4n) is 3.26. The first kappa shape index (κ1) is 14.8. The molecule has 3 rings (SSSR count). The summed E-state index contributed by atoms with van der Waals surface area (Å²) in [4.78, 5) is 0. The van der Waals surface area contributed by atoms with Gasteiger partial charge in [0.25, 0.3) is 0 Å². The Balaban J connectivity index is 1.74. The first-order valence-corrected chi connectivity index (χ1v) is 7.82. The Bertz CT molecular complexity index is 495. The van der Waals surface area contributed by atoms with Crippen LogP contribution in [0.3, 0.4) is 0 Å². The standard InChI is InChI=1S/C17H25NO3/c1-12-3-4-16(15(9-12)13(2)18)21-14-5-7-20-17(10-14)6-8-19-11-17/h3-4,9,13-14H,5-8,10-11,18H2,1-2H3/t13-,14?,17?/m1/s1. The summed E-state index contributed by atoms with van der Waals surface area (Å²) in [7, 11) is 0. The van der Waals surface area contributed by atoms with Gasteiger partial charge in [0, 0.05) is 37.5 Å². The van der Waals surface area contributed by atoms with E-state index in [1.807, 2.05) is 13.0 Å². The Hall–Kier alpha value is -1.10. The van der Waals surface area contributed by atoms with Crippen LogP contribution in [0.25, 0.3) is 0 Å². The van der Waals surface area contributed by atoms with Crippen LogP contribution >= 0.6 is 0 Å². The smallest absolute Gasteiger partial charge is 0.124 e. The molecule has 2 unspecified atom stereocenters. The molecular weight excluding hydrogens is 266 g/mol. The van der Waals surface area contributed by atoms with Gasteiger partial charge in [0.2, 0.25) is 0 Å². The summed E-state index contributed by atoms with van der Waals surface area (Å²) in [6, 6.07) is 6.22. The molecule has 0 radical (unpaired) electrons. The highest BCUT2D eigenvalue weighted by molar-refractivity contribution is 5.39. The number of aryl methyl sites for hydroxylation is 1. The van der Waals surface area contributed by atoms with Gasteiger partial charge < -0.3 is 19.9 Å². The third kappa shape index (κ3) is 3.23. The lowest BCUT2D eigenvalue weighted by molar-refractivity contribution is -0.112. The minimum absolute atomic E-state index is 0.0245. The van der Waals surface area contributed by atoms with Crippen molar-refractivity contribution in [1.29, 1.82) is 0 Å². The van der Waals surface area contributed by atoms with Gasteiger partial charge in [-0.1, -0.05) is 17.7 Å². The van der Waals surface area contributed by atoms with E-state index in [9.17, 15) is 0 Å². The van der Waals surface area contributed by atoms with Crippen LogP contribution in [0, 0.1) is 6.92 Å². The zero-order chi connectivity index (χ0) is 14.9. The lowest BCUT2D eigenvalue weighted by Gasteiger charge is -2.37. The average molecular weight is 291 g/mol. The van der Waals surface area contributed by atoms with Crippen LogP contribution in [0.15, 0.2) is 18.2 Å². The van der Waals surface area contributed by atoms with E-state index in [0.717, 1.165) is 43.8 Å². The molecule has 2 aliphatic heterocycles. The molecule has 1 aromatic rings. The maximum absolute atomic E-state index is 6.27. The van der Waals surface area contributed by atoms with E-state index in [1.54, 1.807) is 0 Å². The van der Waals surface area contributed by atoms with Gasteiger partial charge in [0.15, 0.2) is 0 Å². The molecule has 2 N–H and O–H groups in total. The van der Waals surface area contributed by atoms with Gasteiger partial charge in [0.1, 0.15) is 11.9 Å². The second-order valence-electron chi connectivity index (χ2n) is 6.40. The highest BCUT2D eigenvalue weighted by atomic mass is 16.6. The van der Waals surface area contributed by atoms with Gasteiger partial charge in [-0.25, -0.2) is 0 Å². The summed E-state index contributed by atoms with van der Waals surface area (Å²) < 4.78 is 17.7. The average Bonchev–Trinajstić information content (AvgIpc) is 2.88. The number of nitrogens with two attached hydrogens (primary N) is 1. The number of benzene rings is 1. The molecule has 2 aliphatic rings. The molecule has 116 valence electrons. The predicted octanol–water partition coefficient (Wildman–Crippen LogP) is 2.73. The number of hydrogen-bond donors (Lipinski definition) is 1. The van der Waals surface area contributed by atoms with Gasteiger partial charge in [-0.05, 0) is 19.9 Å². The van der Waals surface area contributed by atoms with Crippen LogP contribution in [0.4, 0.5) is 0 Å². The fourth-order valence-corrected chi connectivity index (χ4v) is 3.26. The largest absolute Gasteiger partial charge is 0.490 e. The molecule has 1 spiro atoms. The molecule has 2 saturated heterocycles. The molecule has 0 aromatic heterocycles. The Kier molecular flexibility index (Phi) is 4.20. The molecule has 0 aliphatic carbocycles. The lowest BCUT2D eigenvalue weighted by Crippen LogP contribution is -2.44. The Labute approximate surface area is 126 Å². The van der Waals surface area contributed by atoms with E-state index >= 15 is 0 Å². The molecular formula is C17H25NO3. The molecule has 21 heavy (non-hydrogen) atoms. The van der Waals surface area contributed by atoms with Crippen molar-refractivity contribution in [2.24, 2.45) is 5.73 Å². The van der Waals surface area contributed by atoms with Crippen molar-refractivity contribution in [2.45, 2.75) is 50.9 Å². The molecule has 1 aromatic carbocycles. The van der Waals surface area contributed by atoms with Gasteiger partial charge in [-0.15, -0.1) is 0 Å². The Morgan fingerprint density at radius 1 is 1.38 bits per heavy atom. The second kappa shape index (κ2) is 5.95. The normalized spacial score (nSPS) is 30.5. The maximum Gasteiger partial charge on any atom is 0.124 e. The Morgan fingerprint density at radius 2 is 2.24 bits per heavy atom. The van der Waals surface area contributed by atoms with Crippen molar-refractivity contribution in [2.75, 3.05) is 19.8 Å². The predicted molar refractivity (Wildman–Crippen MR) is 81.6 cm³/mol. The second-order valence-corrected chi connectivity index (χ2v) is 6.40. The van der Waals surface area contributed by atoms with Crippen LogP contribution in [0.2, 0.25) is 0 Å². The summed E-state index contributed by atoms with van der Waals surface area (Å²) in [6.45, 7) is 6.31. The first-order valence-electron chi connectivity index (χ1n) is 7.82. The van der Waals surface area contributed by atoms with Gasteiger partial charge in [-0.3, -0.25) is 0 Å². The van der Waals surface area contributed by atoms with Crippen LogP contribution in [0.1, 0.15) is 43.4 Å². The molecule has 0 amide bonds. The van der Waals surface area contributed by atoms with Crippen LogP contribution in [0.5, 0.6) is 5.75 Å². The molecule has 4 nitrogen and oxygen atoms in total. The van der Waals surface area contributed by atoms with Crippen molar-refractivity contribution in [1.82, 2.24) is 0 Å². The van der Waals surface area contributed by atoms with Crippen molar-refractivity contribution >= 4 is 0 Å². The van der Waals surface area contributed by atoms with Crippen molar-refractivity contribution in [3.63, 3.8) is 0 Å². The minimum Gasteiger partial charge on any atom is -0.490 e. The van der Waals surface area contributed by atoms with Crippen LogP contribution in [-0.4, -0.2) is 31.5 Å². The highest BCUT2D eigenvalue weighted by Gasteiger charge is 2.41. The third-order valence-electron chi connectivity index (χ3n) is 4.46. The fraction of sp³-hybridized carbons (Fsp3) is 0.647. The summed E-state index contributed by atoms with van der Waals surface area (Å²) in [5, 5.41) is 0. The summed E-state index contributed by atoms with van der Waals surface area (Å²) in [5.74, 6) is 0.913. The molecule has 0 saturated carbocycles. The molecule has 4 heteroatoms. The van der Waals surface area contributed by atoms with Gasteiger partial charge >= 0.3 is 0 Å². The van der Waals surface area contributed by atoms with E-state index in [2.05, 4.69) is 19.1 Å². The summed E-state index contributed by atoms with van der Waals surface area (Å²) >= 11 is 0. The quantitative estimate of drug-likeness (QED) is 0.930. The molecule has 0 bridgehead atoms. The molecule has 3 atom stereocenters. The van der Waals surface area contributed by atoms with Crippen molar-refractivity contribution < 1.29 is 14.2 Å². The van der Waals surface area contributed by atoms with Crippen LogP contribution in [-0.2, 0) is 9.47 Å². The molecule has 2 fully saturated rings. The van der Waals surface area contributed by atoms with Gasteiger partial charge in [-0.2, -0.15) is 0 Å². The van der Waals surface area contributed by atoms with E-state index in [4.69, 9.17) is 19.9 Å². The van der Waals surface area contributed by atoms with Gasteiger partial charge in [0.05, 0.1) is 18.8 Å². The topological polar surface area (TPSA) is 53.7 Å². The summed E-state index contributed by atoms with van der Waals surface area (Å²) in [5.41, 5.74) is 8.25. The molecule has 2 heterocycles.